The highest BCUT2D eigenvalue weighted by Crippen LogP contribution is 2.21. The van der Waals surface area contributed by atoms with Crippen LogP contribution in [0.25, 0.3) is 0 Å². The summed E-state index contributed by atoms with van der Waals surface area (Å²) >= 11 is 0. The molecule has 0 unspecified atom stereocenters. The van der Waals surface area contributed by atoms with Gasteiger partial charge in [-0.25, -0.2) is 9.78 Å². The number of benzene rings is 1. The number of amides is 2. The molecule has 0 spiro atoms. The molecular formula is C18H22N6O. The Balaban J connectivity index is 1.61. The first-order valence-electron chi connectivity index (χ1n) is 8.21. The van der Waals surface area contributed by atoms with E-state index < -0.39 is 0 Å². The Hall–Kier alpha value is -3.09. The molecule has 0 fully saturated rings. The first-order valence-corrected chi connectivity index (χ1v) is 8.21. The van der Waals surface area contributed by atoms with Crippen molar-refractivity contribution in [2.45, 2.75) is 32.9 Å². The van der Waals surface area contributed by atoms with E-state index in [0.717, 1.165) is 22.8 Å². The van der Waals surface area contributed by atoms with Crippen LogP contribution in [0.15, 0.2) is 48.9 Å². The summed E-state index contributed by atoms with van der Waals surface area (Å²) in [6.45, 7) is 6.00. The average molecular weight is 338 g/mol. The van der Waals surface area contributed by atoms with E-state index in [1.807, 2.05) is 50.4 Å². The summed E-state index contributed by atoms with van der Waals surface area (Å²) in [4.78, 5) is 16.4. The van der Waals surface area contributed by atoms with Crippen LogP contribution in [0.4, 0.5) is 10.5 Å². The maximum absolute atomic E-state index is 12.1. The largest absolute Gasteiger partial charge is 0.330 e. The highest BCUT2D eigenvalue weighted by molar-refractivity contribution is 5.89. The number of aromatic nitrogens is 4. The summed E-state index contributed by atoms with van der Waals surface area (Å²) in [5, 5.41) is 12.4. The number of carbonyl (C=O) groups is 1. The van der Waals surface area contributed by atoms with Crippen molar-refractivity contribution in [3.63, 3.8) is 0 Å². The highest BCUT2D eigenvalue weighted by atomic mass is 16.2. The van der Waals surface area contributed by atoms with Crippen molar-refractivity contribution in [2.24, 2.45) is 0 Å². The van der Waals surface area contributed by atoms with Crippen LogP contribution in [0.1, 0.15) is 43.0 Å². The fraction of sp³-hybridized carbons (Fsp3) is 0.278. The molecule has 7 heteroatoms. The molecule has 130 valence electrons. The summed E-state index contributed by atoms with van der Waals surface area (Å²) in [6.07, 6.45) is 5.43. The number of nitrogens with one attached hydrogen (secondary N) is 3. The quantitative estimate of drug-likeness (QED) is 0.666. The molecule has 25 heavy (non-hydrogen) atoms. The minimum absolute atomic E-state index is 0.147. The van der Waals surface area contributed by atoms with Gasteiger partial charge in [-0.05, 0) is 44.5 Å². The molecule has 1 aromatic carbocycles. The predicted octanol–water partition coefficient (Wildman–Crippen LogP) is 3.41. The van der Waals surface area contributed by atoms with E-state index >= 15 is 0 Å². The molecule has 0 saturated heterocycles. The third-order valence-electron chi connectivity index (χ3n) is 4.27. The molecule has 3 rings (SSSR count). The molecule has 0 aliphatic heterocycles. The lowest BCUT2D eigenvalue weighted by Gasteiger charge is -2.17. The molecule has 3 aromatic rings. The number of carbonyl (C=O) groups excluding carboxylic acids is 1. The van der Waals surface area contributed by atoms with Crippen molar-refractivity contribution < 1.29 is 4.79 Å². The molecule has 0 saturated carbocycles. The van der Waals surface area contributed by atoms with E-state index in [1.165, 1.54) is 0 Å². The van der Waals surface area contributed by atoms with E-state index in [-0.39, 0.29) is 18.1 Å². The molecule has 2 aromatic heterocycles. The molecule has 0 aliphatic carbocycles. The van der Waals surface area contributed by atoms with Gasteiger partial charge in [0, 0.05) is 24.3 Å². The zero-order valence-electron chi connectivity index (χ0n) is 14.5. The number of urea groups is 1. The van der Waals surface area contributed by atoms with E-state index in [9.17, 15) is 4.79 Å². The van der Waals surface area contributed by atoms with Crippen LogP contribution in [-0.2, 0) is 0 Å². The maximum atomic E-state index is 12.1. The topological polar surface area (TPSA) is 87.6 Å². The fourth-order valence-electron chi connectivity index (χ4n) is 2.75. The van der Waals surface area contributed by atoms with Crippen molar-refractivity contribution in [2.75, 3.05) is 5.32 Å². The predicted molar refractivity (Wildman–Crippen MR) is 96.4 cm³/mol. The molecular weight excluding hydrogens is 316 g/mol. The van der Waals surface area contributed by atoms with Crippen molar-refractivity contribution in [3.05, 3.63) is 66.0 Å². The van der Waals surface area contributed by atoms with Crippen molar-refractivity contribution in [1.29, 1.82) is 0 Å². The van der Waals surface area contributed by atoms with E-state index in [2.05, 4.69) is 37.3 Å². The van der Waals surface area contributed by atoms with Gasteiger partial charge >= 0.3 is 6.03 Å². The second-order valence-corrected chi connectivity index (χ2v) is 6.01. The number of anilines is 1. The Morgan fingerprint density at radius 1 is 1.16 bits per heavy atom. The van der Waals surface area contributed by atoms with Crippen LogP contribution >= 0.6 is 0 Å². The molecule has 2 amide bonds. The molecule has 7 nitrogen and oxygen atoms in total. The zero-order chi connectivity index (χ0) is 17.8. The van der Waals surface area contributed by atoms with Gasteiger partial charge in [-0.2, -0.15) is 5.10 Å². The third kappa shape index (κ3) is 3.88. The van der Waals surface area contributed by atoms with Crippen LogP contribution in [-0.4, -0.2) is 25.8 Å². The Kier molecular flexibility index (Phi) is 4.83. The zero-order valence-corrected chi connectivity index (χ0v) is 14.5. The normalized spacial score (nSPS) is 13.2. The number of H-pyrrole nitrogens is 1. The molecule has 0 bridgehead atoms. The standard InChI is InChI=1S/C18H22N6O/c1-12(17-8-9-20-23-17)21-18(25)22-16-6-4-15(5-7-16)13(2)24-11-10-19-14(24)3/h4-13H,1-3H3,(H,20,23)(H2,21,22,25)/t12-,13-/m1/s1. The van der Waals surface area contributed by atoms with Crippen LogP contribution in [0.3, 0.4) is 0 Å². The second kappa shape index (κ2) is 7.21. The average Bonchev–Trinajstić information content (AvgIpc) is 3.26. The minimum Gasteiger partial charge on any atom is -0.330 e. The van der Waals surface area contributed by atoms with E-state index in [4.69, 9.17) is 0 Å². The van der Waals surface area contributed by atoms with Crippen LogP contribution in [0.5, 0.6) is 0 Å². The van der Waals surface area contributed by atoms with Crippen molar-refractivity contribution in [1.82, 2.24) is 25.1 Å². The maximum Gasteiger partial charge on any atom is 0.319 e. The number of rotatable bonds is 5. The minimum atomic E-state index is -0.256. The van der Waals surface area contributed by atoms with Gasteiger partial charge in [0.25, 0.3) is 0 Å². The highest BCUT2D eigenvalue weighted by Gasteiger charge is 2.12. The smallest absolute Gasteiger partial charge is 0.319 e. The molecule has 2 atom stereocenters. The summed E-state index contributed by atoms with van der Waals surface area (Å²) < 4.78 is 2.11. The number of hydrogen-bond donors (Lipinski definition) is 3. The van der Waals surface area contributed by atoms with Gasteiger partial charge in [-0.15, -0.1) is 0 Å². The first-order chi connectivity index (χ1) is 12.0. The van der Waals surface area contributed by atoms with Gasteiger partial charge in [-0.3, -0.25) is 5.10 Å². The van der Waals surface area contributed by atoms with Crippen molar-refractivity contribution >= 4 is 11.7 Å². The summed E-state index contributed by atoms with van der Waals surface area (Å²) in [6, 6.07) is 9.44. The third-order valence-corrected chi connectivity index (χ3v) is 4.27. The van der Waals surface area contributed by atoms with E-state index in [0.29, 0.717) is 0 Å². The van der Waals surface area contributed by atoms with Gasteiger partial charge in [0.05, 0.1) is 17.8 Å². The monoisotopic (exact) mass is 338 g/mol. The molecule has 0 radical (unpaired) electrons. The molecule has 0 aliphatic rings. The lowest BCUT2D eigenvalue weighted by atomic mass is 10.1. The van der Waals surface area contributed by atoms with Gasteiger partial charge in [0.15, 0.2) is 0 Å². The lowest BCUT2D eigenvalue weighted by molar-refractivity contribution is 0.249. The summed E-state index contributed by atoms with van der Waals surface area (Å²) in [7, 11) is 0. The van der Waals surface area contributed by atoms with Crippen molar-refractivity contribution in [3.8, 4) is 0 Å². The number of imidazole rings is 1. The Bertz CT molecular complexity index is 822. The van der Waals surface area contributed by atoms with Crippen LogP contribution < -0.4 is 10.6 Å². The number of nitrogens with zero attached hydrogens (tertiary/aromatic N) is 3. The Morgan fingerprint density at radius 3 is 2.52 bits per heavy atom. The van der Waals surface area contributed by atoms with Gasteiger partial charge < -0.3 is 15.2 Å². The molecule has 3 N–H and O–H groups in total. The SMILES string of the molecule is Cc1nccn1[C@H](C)c1ccc(NC(=O)N[C@H](C)c2ccn[nH]2)cc1. The van der Waals surface area contributed by atoms with E-state index in [1.54, 1.807) is 12.4 Å². The summed E-state index contributed by atoms with van der Waals surface area (Å²) in [5.41, 5.74) is 2.75. The van der Waals surface area contributed by atoms with Crippen LogP contribution in [0.2, 0.25) is 0 Å². The number of aromatic amines is 1. The van der Waals surface area contributed by atoms with Gasteiger partial charge in [0.1, 0.15) is 5.82 Å². The fourth-order valence-corrected chi connectivity index (χ4v) is 2.75. The Labute approximate surface area is 146 Å². The first kappa shape index (κ1) is 16.8. The van der Waals surface area contributed by atoms with Gasteiger partial charge in [-0.1, -0.05) is 12.1 Å². The Morgan fingerprint density at radius 2 is 1.92 bits per heavy atom. The number of aryl methyl sites for hydroxylation is 1. The number of hydrogen-bond acceptors (Lipinski definition) is 3. The molecule has 2 heterocycles. The van der Waals surface area contributed by atoms with Crippen LogP contribution in [0, 0.1) is 6.92 Å². The second-order valence-electron chi connectivity index (χ2n) is 6.01. The lowest BCUT2D eigenvalue weighted by Crippen LogP contribution is -2.31. The summed E-state index contributed by atoms with van der Waals surface area (Å²) in [5.74, 6) is 0.974. The van der Waals surface area contributed by atoms with Gasteiger partial charge in [0.2, 0.25) is 0 Å².